The number of amides is 1. The van der Waals surface area contributed by atoms with Gasteiger partial charge in [0, 0.05) is 31.1 Å². The average Bonchev–Trinajstić information content (AvgIpc) is 2.96. The van der Waals surface area contributed by atoms with Crippen LogP contribution < -0.4 is 5.32 Å². The molecular weight excluding hydrogens is 262 g/mol. The summed E-state index contributed by atoms with van der Waals surface area (Å²) in [6.45, 7) is 7.88. The van der Waals surface area contributed by atoms with Gasteiger partial charge in [0.05, 0.1) is 11.2 Å². The molecule has 2 rings (SSSR count). The van der Waals surface area contributed by atoms with Gasteiger partial charge in [-0.05, 0) is 27.2 Å². The van der Waals surface area contributed by atoms with Crippen LogP contribution >= 0.6 is 11.3 Å². The molecule has 0 aromatic carbocycles. The van der Waals surface area contributed by atoms with Gasteiger partial charge in [-0.1, -0.05) is 0 Å². The Morgan fingerprint density at radius 2 is 2.42 bits per heavy atom. The maximum absolute atomic E-state index is 11.9. The van der Waals surface area contributed by atoms with Crippen molar-refractivity contribution in [1.82, 2.24) is 15.2 Å². The summed E-state index contributed by atoms with van der Waals surface area (Å²) in [6.07, 6.45) is 0.745. The third kappa shape index (κ3) is 4.47. The van der Waals surface area contributed by atoms with E-state index in [2.05, 4.69) is 10.3 Å². The number of likely N-dealkylation sites (tertiary alicyclic amines) is 1. The smallest absolute Gasteiger partial charge is 0.410 e. The molecule has 106 valence electrons. The van der Waals surface area contributed by atoms with E-state index in [9.17, 15) is 4.79 Å². The molecule has 1 aliphatic rings. The van der Waals surface area contributed by atoms with Gasteiger partial charge in [0.1, 0.15) is 5.60 Å². The molecule has 0 spiro atoms. The molecule has 1 amide bonds. The van der Waals surface area contributed by atoms with Gasteiger partial charge in [-0.3, -0.25) is 0 Å². The second-order valence-electron chi connectivity index (χ2n) is 5.77. The number of carbonyl (C=O) groups is 1. The lowest BCUT2D eigenvalue weighted by atomic mass is 10.2. The van der Waals surface area contributed by atoms with Gasteiger partial charge in [-0.25, -0.2) is 9.78 Å². The first-order valence-corrected chi connectivity index (χ1v) is 7.47. The molecule has 2 heterocycles. The molecule has 6 heteroatoms. The number of hydrogen-bond donors (Lipinski definition) is 1. The third-order valence-electron chi connectivity index (χ3n) is 2.90. The number of carbonyl (C=O) groups excluding carboxylic acids is 1. The zero-order chi connectivity index (χ0) is 13.9. The predicted octanol–water partition coefficient (Wildman–Crippen LogP) is 2.24. The number of nitrogens with zero attached hydrogens (tertiary/aromatic N) is 2. The molecule has 19 heavy (non-hydrogen) atoms. The van der Waals surface area contributed by atoms with Crippen molar-refractivity contribution < 1.29 is 9.53 Å². The first kappa shape index (κ1) is 14.3. The highest BCUT2D eigenvalue weighted by Gasteiger charge is 2.29. The monoisotopic (exact) mass is 283 g/mol. The number of hydrogen-bond acceptors (Lipinski definition) is 5. The summed E-state index contributed by atoms with van der Waals surface area (Å²) in [6, 6.07) is 0.328. The van der Waals surface area contributed by atoms with Crippen LogP contribution in [0.4, 0.5) is 4.79 Å². The second-order valence-corrected chi connectivity index (χ2v) is 6.49. The molecule has 1 aliphatic heterocycles. The SMILES string of the molecule is CC(C)(C)OC(=O)N1CCC(NCc2cscn2)C1. The zero-order valence-electron chi connectivity index (χ0n) is 11.7. The molecule has 1 aromatic heterocycles. The van der Waals surface area contributed by atoms with E-state index < -0.39 is 5.60 Å². The predicted molar refractivity (Wildman–Crippen MR) is 75.2 cm³/mol. The number of rotatable bonds is 3. The minimum Gasteiger partial charge on any atom is -0.444 e. The van der Waals surface area contributed by atoms with Crippen molar-refractivity contribution in [3.63, 3.8) is 0 Å². The van der Waals surface area contributed by atoms with E-state index in [1.165, 1.54) is 0 Å². The van der Waals surface area contributed by atoms with Crippen molar-refractivity contribution in [1.29, 1.82) is 0 Å². The van der Waals surface area contributed by atoms with Crippen molar-refractivity contribution in [3.8, 4) is 0 Å². The summed E-state index contributed by atoms with van der Waals surface area (Å²) < 4.78 is 5.37. The van der Waals surface area contributed by atoms with Gasteiger partial charge in [0.15, 0.2) is 0 Å². The van der Waals surface area contributed by atoms with Gasteiger partial charge < -0.3 is 15.0 Å². The van der Waals surface area contributed by atoms with Crippen molar-refractivity contribution in [2.75, 3.05) is 13.1 Å². The minimum atomic E-state index is -0.427. The molecule has 1 aromatic rings. The van der Waals surface area contributed by atoms with Crippen LogP contribution in [0.25, 0.3) is 0 Å². The fourth-order valence-corrected chi connectivity index (χ4v) is 2.55. The van der Waals surface area contributed by atoms with Crippen molar-refractivity contribution in [3.05, 3.63) is 16.6 Å². The molecule has 1 atom stereocenters. The Kier molecular flexibility index (Phi) is 4.42. The molecule has 1 unspecified atom stereocenters. The van der Waals surface area contributed by atoms with E-state index in [1.807, 2.05) is 31.7 Å². The van der Waals surface area contributed by atoms with Crippen molar-refractivity contribution in [2.45, 2.75) is 45.4 Å². The van der Waals surface area contributed by atoms with Crippen LogP contribution in [-0.2, 0) is 11.3 Å². The van der Waals surface area contributed by atoms with Crippen molar-refractivity contribution in [2.24, 2.45) is 0 Å². The second kappa shape index (κ2) is 5.88. The van der Waals surface area contributed by atoms with Gasteiger partial charge in [0.2, 0.25) is 0 Å². The fourth-order valence-electron chi connectivity index (χ4n) is 1.99. The van der Waals surface area contributed by atoms with E-state index in [0.717, 1.165) is 25.2 Å². The van der Waals surface area contributed by atoms with Gasteiger partial charge in [-0.2, -0.15) is 0 Å². The average molecular weight is 283 g/mol. The van der Waals surface area contributed by atoms with E-state index in [1.54, 1.807) is 16.2 Å². The van der Waals surface area contributed by atoms with Crippen LogP contribution in [0.15, 0.2) is 10.9 Å². The molecule has 1 saturated heterocycles. The fraction of sp³-hybridized carbons (Fsp3) is 0.692. The lowest BCUT2D eigenvalue weighted by molar-refractivity contribution is 0.0291. The maximum atomic E-state index is 11.9. The van der Waals surface area contributed by atoms with Crippen LogP contribution in [0.1, 0.15) is 32.9 Å². The van der Waals surface area contributed by atoms with Gasteiger partial charge >= 0.3 is 6.09 Å². The first-order chi connectivity index (χ1) is 8.94. The summed E-state index contributed by atoms with van der Waals surface area (Å²) in [5, 5.41) is 5.46. The van der Waals surface area contributed by atoms with E-state index in [0.29, 0.717) is 12.6 Å². The quantitative estimate of drug-likeness (QED) is 0.924. The van der Waals surface area contributed by atoms with Gasteiger partial charge in [-0.15, -0.1) is 11.3 Å². The Bertz CT molecular complexity index is 414. The largest absolute Gasteiger partial charge is 0.444 e. The van der Waals surface area contributed by atoms with Crippen LogP contribution in [-0.4, -0.2) is 40.7 Å². The molecule has 0 aliphatic carbocycles. The Labute approximate surface area is 118 Å². The van der Waals surface area contributed by atoms with Crippen LogP contribution in [0.5, 0.6) is 0 Å². The summed E-state index contributed by atoms with van der Waals surface area (Å²) in [5.74, 6) is 0. The van der Waals surface area contributed by atoms with Crippen LogP contribution in [0, 0.1) is 0 Å². The van der Waals surface area contributed by atoms with E-state index in [4.69, 9.17) is 4.74 Å². The lowest BCUT2D eigenvalue weighted by Gasteiger charge is -2.24. The third-order valence-corrected chi connectivity index (χ3v) is 3.53. The zero-order valence-corrected chi connectivity index (χ0v) is 12.5. The Hall–Kier alpha value is -1.14. The summed E-state index contributed by atoms with van der Waals surface area (Å²) in [4.78, 5) is 17.9. The standard InChI is InChI=1S/C13H21N3O2S/c1-13(2,3)18-12(17)16-5-4-10(7-16)14-6-11-8-19-9-15-11/h8-10,14H,4-7H2,1-3H3. The van der Waals surface area contributed by atoms with Crippen LogP contribution in [0.2, 0.25) is 0 Å². The highest BCUT2D eigenvalue weighted by atomic mass is 32.1. The summed E-state index contributed by atoms with van der Waals surface area (Å²) >= 11 is 1.60. The Morgan fingerprint density at radius 1 is 1.63 bits per heavy atom. The molecule has 1 fully saturated rings. The topological polar surface area (TPSA) is 54.5 Å². The molecular formula is C13H21N3O2S. The first-order valence-electron chi connectivity index (χ1n) is 6.52. The summed E-state index contributed by atoms with van der Waals surface area (Å²) in [7, 11) is 0. The molecule has 1 N–H and O–H groups in total. The molecule has 0 saturated carbocycles. The van der Waals surface area contributed by atoms with E-state index in [-0.39, 0.29) is 6.09 Å². The molecule has 0 bridgehead atoms. The lowest BCUT2D eigenvalue weighted by Crippen LogP contribution is -2.38. The van der Waals surface area contributed by atoms with Gasteiger partial charge in [0.25, 0.3) is 0 Å². The Balaban J connectivity index is 1.75. The number of aromatic nitrogens is 1. The molecule has 5 nitrogen and oxygen atoms in total. The number of ether oxygens (including phenoxy) is 1. The van der Waals surface area contributed by atoms with E-state index >= 15 is 0 Å². The number of nitrogens with one attached hydrogen (secondary N) is 1. The number of thiazole rings is 1. The highest BCUT2D eigenvalue weighted by Crippen LogP contribution is 2.15. The van der Waals surface area contributed by atoms with Crippen LogP contribution in [0.3, 0.4) is 0 Å². The normalized spacial score (nSPS) is 19.7. The maximum Gasteiger partial charge on any atom is 0.410 e. The Morgan fingerprint density at radius 3 is 3.05 bits per heavy atom. The molecule has 0 radical (unpaired) electrons. The van der Waals surface area contributed by atoms with Crippen molar-refractivity contribution >= 4 is 17.4 Å². The highest BCUT2D eigenvalue weighted by molar-refractivity contribution is 7.07. The minimum absolute atomic E-state index is 0.217. The summed E-state index contributed by atoms with van der Waals surface area (Å²) in [5.41, 5.74) is 2.46.